The lowest BCUT2D eigenvalue weighted by atomic mass is 9.86. The highest BCUT2D eigenvalue weighted by molar-refractivity contribution is 5.99. The van der Waals surface area contributed by atoms with Crippen LogP contribution in [0.1, 0.15) is 44.9 Å². The summed E-state index contributed by atoms with van der Waals surface area (Å²) < 4.78 is 5.59. The first-order valence-corrected chi connectivity index (χ1v) is 10.0. The highest BCUT2D eigenvalue weighted by Gasteiger charge is 2.25. The van der Waals surface area contributed by atoms with Crippen LogP contribution in [0, 0.1) is 5.92 Å². The summed E-state index contributed by atoms with van der Waals surface area (Å²) in [4.78, 5) is 28.3. The van der Waals surface area contributed by atoms with Gasteiger partial charge in [0.15, 0.2) is 6.61 Å². The maximum Gasteiger partial charge on any atom is 0.265 e. The number of ether oxygens (including phenoxy) is 1. The maximum absolute atomic E-state index is 12.3. The number of likely N-dealkylation sites (N-methyl/N-ethyl adjacent to an activating group) is 1. The molecule has 0 bridgehead atoms. The molecule has 0 saturated heterocycles. The van der Waals surface area contributed by atoms with Gasteiger partial charge < -0.3 is 19.9 Å². The van der Waals surface area contributed by atoms with Gasteiger partial charge in [0.2, 0.25) is 5.91 Å². The molecule has 1 fully saturated rings. The van der Waals surface area contributed by atoms with E-state index in [2.05, 4.69) is 5.32 Å². The van der Waals surface area contributed by atoms with Gasteiger partial charge in [0, 0.05) is 31.3 Å². The first-order chi connectivity index (χ1) is 13.0. The molecule has 3 rings (SSSR count). The van der Waals surface area contributed by atoms with Crippen LogP contribution in [0.15, 0.2) is 18.2 Å². The molecule has 0 atom stereocenters. The molecule has 0 unspecified atom stereocenters. The molecule has 1 aromatic rings. The van der Waals surface area contributed by atoms with E-state index in [1.807, 2.05) is 37.2 Å². The number of amides is 2. The monoisotopic (exact) mass is 373 g/mol. The second-order valence-corrected chi connectivity index (χ2v) is 7.91. The molecule has 6 nitrogen and oxygen atoms in total. The number of hydrogen-bond donors (Lipinski definition) is 1. The third-order valence-corrected chi connectivity index (χ3v) is 5.46. The van der Waals surface area contributed by atoms with Crippen molar-refractivity contribution in [2.45, 2.75) is 44.9 Å². The first-order valence-electron chi connectivity index (χ1n) is 10.0. The Labute approximate surface area is 161 Å². The zero-order valence-electron chi connectivity index (χ0n) is 16.5. The van der Waals surface area contributed by atoms with Crippen LogP contribution in [0.2, 0.25) is 0 Å². The fourth-order valence-electron chi connectivity index (χ4n) is 3.86. The largest absolute Gasteiger partial charge is 0.481 e. The van der Waals surface area contributed by atoms with Crippen molar-refractivity contribution in [1.82, 2.24) is 4.90 Å². The number of anilines is 2. The van der Waals surface area contributed by atoms with E-state index < -0.39 is 0 Å². The molecule has 0 aromatic heterocycles. The van der Waals surface area contributed by atoms with Gasteiger partial charge in [0.05, 0.1) is 5.69 Å². The predicted molar refractivity (Wildman–Crippen MR) is 107 cm³/mol. The van der Waals surface area contributed by atoms with E-state index >= 15 is 0 Å². The Balaban J connectivity index is 1.58. The molecule has 0 radical (unpaired) electrons. The van der Waals surface area contributed by atoms with Crippen molar-refractivity contribution in [3.8, 4) is 5.75 Å². The highest BCUT2D eigenvalue weighted by atomic mass is 16.5. The van der Waals surface area contributed by atoms with Gasteiger partial charge in [-0.2, -0.15) is 0 Å². The number of carbonyl (C=O) groups excluding carboxylic acids is 2. The second kappa shape index (κ2) is 9.22. The van der Waals surface area contributed by atoms with Gasteiger partial charge in [0.25, 0.3) is 5.91 Å². The van der Waals surface area contributed by atoms with Crippen molar-refractivity contribution < 1.29 is 14.3 Å². The smallest absolute Gasteiger partial charge is 0.265 e. The Hall–Kier alpha value is -2.08. The Morgan fingerprint density at radius 1 is 1.26 bits per heavy atom. The van der Waals surface area contributed by atoms with Gasteiger partial charge in [-0.25, -0.2) is 0 Å². The molecule has 1 aliphatic heterocycles. The van der Waals surface area contributed by atoms with Gasteiger partial charge in [-0.1, -0.05) is 32.1 Å². The lowest BCUT2D eigenvalue weighted by Gasteiger charge is -2.30. The van der Waals surface area contributed by atoms with Crippen LogP contribution in [0.25, 0.3) is 0 Å². The normalized spacial score (nSPS) is 17.6. The number of nitrogens with zero attached hydrogens (tertiary/aromatic N) is 2. The zero-order chi connectivity index (χ0) is 19.2. The summed E-state index contributed by atoms with van der Waals surface area (Å²) in [6.07, 6.45) is 8.00. The van der Waals surface area contributed by atoms with Crippen molar-refractivity contribution in [3.05, 3.63) is 18.2 Å². The second-order valence-electron chi connectivity index (χ2n) is 7.91. The summed E-state index contributed by atoms with van der Waals surface area (Å²) in [6.45, 7) is 1.44. The molecule has 27 heavy (non-hydrogen) atoms. The number of fused-ring (bicyclic) bond motifs is 1. The molecular weight excluding hydrogens is 342 g/mol. The van der Waals surface area contributed by atoms with Crippen molar-refractivity contribution >= 4 is 23.2 Å². The average molecular weight is 373 g/mol. The zero-order valence-corrected chi connectivity index (χ0v) is 16.5. The lowest BCUT2D eigenvalue weighted by Crippen LogP contribution is -2.42. The van der Waals surface area contributed by atoms with Crippen molar-refractivity contribution in [3.63, 3.8) is 0 Å². The van der Waals surface area contributed by atoms with Gasteiger partial charge in [-0.05, 0) is 38.6 Å². The summed E-state index contributed by atoms with van der Waals surface area (Å²) >= 11 is 0. The molecular formula is C21H31N3O3. The van der Waals surface area contributed by atoms with Crippen LogP contribution in [0.3, 0.4) is 0 Å². The van der Waals surface area contributed by atoms with E-state index in [1.165, 1.54) is 32.1 Å². The standard InChI is InChI=1S/C21H31N3O3/c1-23(2)12-13-24-18-10-9-17(14-19(18)27-15-21(24)26)22-20(25)11-8-16-6-4-3-5-7-16/h9-10,14,16H,3-8,11-13,15H2,1-2H3,(H,22,25). The van der Waals surface area contributed by atoms with E-state index in [-0.39, 0.29) is 18.4 Å². The number of benzene rings is 1. The quantitative estimate of drug-likeness (QED) is 0.797. The predicted octanol–water partition coefficient (Wildman–Crippen LogP) is 3.27. The van der Waals surface area contributed by atoms with E-state index in [9.17, 15) is 9.59 Å². The Morgan fingerprint density at radius 2 is 2.04 bits per heavy atom. The molecule has 1 aromatic carbocycles. The summed E-state index contributed by atoms with van der Waals surface area (Å²) in [5.41, 5.74) is 1.50. The minimum atomic E-state index is -0.0337. The van der Waals surface area contributed by atoms with Crippen LogP contribution in [0.4, 0.5) is 11.4 Å². The SMILES string of the molecule is CN(C)CCN1C(=O)COc2cc(NC(=O)CCC3CCCCC3)ccc21. The van der Waals surface area contributed by atoms with E-state index in [1.54, 1.807) is 4.90 Å². The molecule has 1 heterocycles. The molecule has 148 valence electrons. The lowest BCUT2D eigenvalue weighted by molar-refractivity contribution is -0.121. The highest BCUT2D eigenvalue weighted by Crippen LogP contribution is 2.34. The summed E-state index contributed by atoms with van der Waals surface area (Å²) in [5.74, 6) is 1.37. The van der Waals surface area contributed by atoms with Gasteiger partial charge in [-0.3, -0.25) is 9.59 Å². The van der Waals surface area contributed by atoms with Gasteiger partial charge in [0.1, 0.15) is 5.75 Å². The van der Waals surface area contributed by atoms with Crippen LogP contribution < -0.4 is 15.0 Å². The Morgan fingerprint density at radius 3 is 2.78 bits per heavy atom. The minimum Gasteiger partial charge on any atom is -0.481 e. The van der Waals surface area contributed by atoms with Crippen LogP contribution in [-0.2, 0) is 9.59 Å². The van der Waals surface area contributed by atoms with Crippen LogP contribution in [0.5, 0.6) is 5.75 Å². The molecule has 1 saturated carbocycles. The maximum atomic E-state index is 12.3. The fraction of sp³-hybridized carbons (Fsp3) is 0.619. The minimum absolute atomic E-state index is 0.0337. The van der Waals surface area contributed by atoms with Crippen LogP contribution >= 0.6 is 0 Å². The number of hydrogen-bond acceptors (Lipinski definition) is 4. The van der Waals surface area contributed by atoms with Crippen molar-refractivity contribution in [2.75, 3.05) is 44.0 Å². The first kappa shape index (κ1) is 19.7. The van der Waals surface area contributed by atoms with Gasteiger partial charge in [-0.15, -0.1) is 0 Å². The van der Waals surface area contributed by atoms with Crippen molar-refractivity contribution in [1.29, 1.82) is 0 Å². The number of nitrogens with one attached hydrogen (secondary N) is 1. The van der Waals surface area contributed by atoms with E-state index in [0.29, 0.717) is 24.6 Å². The summed E-state index contributed by atoms with van der Waals surface area (Å²) in [6, 6.07) is 5.53. The summed E-state index contributed by atoms with van der Waals surface area (Å²) in [5, 5.41) is 2.98. The third-order valence-electron chi connectivity index (χ3n) is 5.46. The number of carbonyl (C=O) groups is 2. The molecule has 1 aliphatic carbocycles. The van der Waals surface area contributed by atoms with Crippen molar-refractivity contribution in [2.24, 2.45) is 5.92 Å². The molecule has 0 spiro atoms. The topological polar surface area (TPSA) is 61.9 Å². The molecule has 1 N–H and O–H groups in total. The third kappa shape index (κ3) is 5.45. The average Bonchev–Trinajstić information content (AvgIpc) is 2.66. The Bertz CT molecular complexity index is 669. The molecule has 6 heteroatoms. The van der Waals surface area contributed by atoms with E-state index in [4.69, 9.17) is 4.74 Å². The number of rotatable bonds is 7. The Kier molecular flexibility index (Phi) is 6.72. The van der Waals surface area contributed by atoms with Gasteiger partial charge >= 0.3 is 0 Å². The summed E-state index contributed by atoms with van der Waals surface area (Å²) in [7, 11) is 3.97. The molecule has 2 amide bonds. The molecule has 2 aliphatic rings. The fourth-order valence-corrected chi connectivity index (χ4v) is 3.86. The van der Waals surface area contributed by atoms with Crippen LogP contribution in [-0.4, -0.2) is 50.5 Å². The van der Waals surface area contributed by atoms with E-state index in [0.717, 1.165) is 24.3 Å².